The van der Waals surface area contributed by atoms with Gasteiger partial charge in [0.25, 0.3) is 5.91 Å². The molecule has 1 amide bonds. The van der Waals surface area contributed by atoms with E-state index < -0.39 is 0 Å². The first-order valence-electron chi connectivity index (χ1n) is 9.41. The van der Waals surface area contributed by atoms with Crippen LogP contribution in [0.2, 0.25) is 0 Å². The van der Waals surface area contributed by atoms with Gasteiger partial charge in [-0.2, -0.15) is 0 Å². The minimum absolute atomic E-state index is 0.0627. The van der Waals surface area contributed by atoms with E-state index in [9.17, 15) is 4.79 Å². The minimum Gasteiger partial charge on any atom is -0.490 e. The van der Waals surface area contributed by atoms with Gasteiger partial charge >= 0.3 is 0 Å². The van der Waals surface area contributed by atoms with Gasteiger partial charge in [0, 0.05) is 16.6 Å². The molecule has 0 saturated carbocycles. The predicted octanol–water partition coefficient (Wildman–Crippen LogP) is 5.69. The molecule has 0 atom stereocenters. The summed E-state index contributed by atoms with van der Waals surface area (Å²) < 4.78 is 13.2. The molecule has 1 saturated heterocycles. The molecule has 152 valence electrons. The average Bonchev–Trinajstić information content (AvgIpc) is 2.99. The monoisotopic (exact) mass is 491 g/mol. The van der Waals surface area contributed by atoms with Gasteiger partial charge < -0.3 is 9.47 Å². The quantitative estimate of drug-likeness (QED) is 0.269. The van der Waals surface area contributed by atoms with E-state index in [1.54, 1.807) is 4.90 Å². The van der Waals surface area contributed by atoms with Crippen LogP contribution in [0.4, 0.5) is 0 Å². The number of hydrogen-bond acceptors (Lipinski definition) is 5. The molecule has 4 nitrogen and oxygen atoms in total. The summed E-state index contributed by atoms with van der Waals surface area (Å²) in [5.41, 5.74) is 2.10. The first kappa shape index (κ1) is 21.9. The number of hydrogen-bond donors (Lipinski definition) is 0. The van der Waals surface area contributed by atoms with Crippen LogP contribution in [0.5, 0.6) is 11.5 Å². The second kappa shape index (κ2) is 10.3. The van der Waals surface area contributed by atoms with E-state index in [0.717, 1.165) is 22.2 Å². The number of halogens is 1. The molecule has 7 heteroatoms. The van der Waals surface area contributed by atoms with Crippen molar-refractivity contribution < 1.29 is 14.3 Å². The summed E-state index contributed by atoms with van der Waals surface area (Å²) in [4.78, 5) is 14.7. The standard InChI is InChI=1S/C22H22BrNO3S2/c1-3-15-5-8-18(9-6-15)26-11-12-27-19-10-7-17(23)13-16(19)14-20-21(25)24(4-2)22(28)29-20/h5-10,13-14H,3-4,11-12H2,1-2H3. The number of amides is 1. The second-order valence-electron chi connectivity index (χ2n) is 6.30. The van der Waals surface area contributed by atoms with Crippen molar-refractivity contribution in [3.8, 4) is 11.5 Å². The van der Waals surface area contributed by atoms with Crippen molar-refractivity contribution in [2.24, 2.45) is 0 Å². The third-order valence-electron chi connectivity index (χ3n) is 4.39. The van der Waals surface area contributed by atoms with Gasteiger partial charge in [-0.25, -0.2) is 0 Å². The third kappa shape index (κ3) is 5.62. The maximum atomic E-state index is 12.5. The molecule has 29 heavy (non-hydrogen) atoms. The number of aryl methyl sites for hydroxylation is 1. The first-order chi connectivity index (χ1) is 14.0. The van der Waals surface area contributed by atoms with Crippen molar-refractivity contribution in [3.63, 3.8) is 0 Å². The number of thioether (sulfide) groups is 1. The molecule has 0 spiro atoms. The van der Waals surface area contributed by atoms with E-state index in [1.165, 1.54) is 17.3 Å². The number of thiocarbonyl (C=S) groups is 1. The lowest BCUT2D eigenvalue weighted by Gasteiger charge is -2.12. The molecule has 0 N–H and O–H groups in total. The zero-order chi connectivity index (χ0) is 20.8. The smallest absolute Gasteiger partial charge is 0.266 e. The Hall–Kier alpha value is -1.83. The predicted molar refractivity (Wildman–Crippen MR) is 127 cm³/mol. The molecular formula is C22H22BrNO3S2. The summed E-state index contributed by atoms with van der Waals surface area (Å²) >= 11 is 10.1. The van der Waals surface area contributed by atoms with Crippen molar-refractivity contribution in [1.29, 1.82) is 0 Å². The Balaban J connectivity index is 1.65. The van der Waals surface area contributed by atoms with Gasteiger partial charge in [-0.05, 0) is 55.3 Å². The Bertz CT molecular complexity index is 928. The number of carbonyl (C=O) groups excluding carboxylic acids is 1. The Morgan fingerprint density at radius 2 is 1.83 bits per heavy atom. The molecule has 0 bridgehead atoms. The molecule has 0 aromatic heterocycles. The maximum absolute atomic E-state index is 12.5. The minimum atomic E-state index is -0.0627. The zero-order valence-electron chi connectivity index (χ0n) is 16.3. The van der Waals surface area contributed by atoms with Gasteiger partial charge in [0.15, 0.2) is 0 Å². The molecule has 0 aliphatic carbocycles. The summed E-state index contributed by atoms with van der Waals surface area (Å²) in [5.74, 6) is 1.46. The van der Waals surface area contributed by atoms with Gasteiger partial charge in [0.1, 0.15) is 29.0 Å². The lowest BCUT2D eigenvalue weighted by atomic mass is 10.2. The van der Waals surface area contributed by atoms with Crippen LogP contribution in [-0.2, 0) is 11.2 Å². The molecule has 1 heterocycles. The van der Waals surface area contributed by atoms with E-state index in [4.69, 9.17) is 21.7 Å². The van der Waals surface area contributed by atoms with Crippen LogP contribution in [-0.4, -0.2) is 34.9 Å². The van der Waals surface area contributed by atoms with E-state index in [2.05, 4.69) is 35.0 Å². The summed E-state index contributed by atoms with van der Waals surface area (Å²) in [6.07, 6.45) is 2.84. The molecule has 2 aromatic carbocycles. The van der Waals surface area contributed by atoms with Crippen LogP contribution >= 0.6 is 39.9 Å². The van der Waals surface area contributed by atoms with Crippen LogP contribution in [0.3, 0.4) is 0 Å². The fourth-order valence-corrected chi connectivity index (χ4v) is 4.56. The molecule has 3 rings (SSSR count). The van der Waals surface area contributed by atoms with Gasteiger partial charge in [-0.15, -0.1) is 0 Å². The fourth-order valence-electron chi connectivity index (χ4n) is 2.81. The summed E-state index contributed by atoms with van der Waals surface area (Å²) in [6.45, 7) is 5.43. The zero-order valence-corrected chi connectivity index (χ0v) is 19.5. The normalized spacial score (nSPS) is 15.3. The van der Waals surface area contributed by atoms with E-state index in [1.807, 2.05) is 43.3 Å². The highest BCUT2D eigenvalue weighted by Gasteiger charge is 2.30. The Kier molecular flexibility index (Phi) is 7.75. The fraction of sp³-hybridized carbons (Fsp3) is 0.273. The van der Waals surface area contributed by atoms with Crippen LogP contribution in [0.1, 0.15) is 25.0 Å². The molecule has 0 unspecified atom stereocenters. The Morgan fingerprint density at radius 3 is 2.48 bits per heavy atom. The molecule has 1 aliphatic heterocycles. The van der Waals surface area contributed by atoms with Gasteiger partial charge in [0.05, 0.1) is 4.91 Å². The summed E-state index contributed by atoms with van der Waals surface area (Å²) in [5, 5.41) is 0. The molecule has 2 aromatic rings. The first-order valence-corrected chi connectivity index (χ1v) is 11.4. The van der Waals surface area contributed by atoms with Crippen molar-refractivity contribution in [3.05, 3.63) is 63.0 Å². The largest absolute Gasteiger partial charge is 0.490 e. The van der Waals surface area contributed by atoms with E-state index in [-0.39, 0.29) is 5.91 Å². The highest BCUT2D eigenvalue weighted by molar-refractivity contribution is 9.10. The molecule has 1 fully saturated rings. The lowest BCUT2D eigenvalue weighted by molar-refractivity contribution is -0.121. The summed E-state index contributed by atoms with van der Waals surface area (Å²) in [6, 6.07) is 13.8. The van der Waals surface area contributed by atoms with Crippen LogP contribution in [0, 0.1) is 0 Å². The summed E-state index contributed by atoms with van der Waals surface area (Å²) in [7, 11) is 0. The Labute approximate surface area is 189 Å². The topological polar surface area (TPSA) is 38.8 Å². The lowest BCUT2D eigenvalue weighted by Crippen LogP contribution is -2.27. The van der Waals surface area contributed by atoms with Gasteiger partial charge in [-0.3, -0.25) is 9.69 Å². The van der Waals surface area contributed by atoms with Crippen LogP contribution in [0.15, 0.2) is 51.8 Å². The van der Waals surface area contributed by atoms with Crippen molar-refractivity contribution in [2.45, 2.75) is 20.3 Å². The maximum Gasteiger partial charge on any atom is 0.266 e. The molecule has 1 aliphatic rings. The van der Waals surface area contributed by atoms with Gasteiger partial charge in [0.2, 0.25) is 0 Å². The number of rotatable bonds is 8. The number of carbonyl (C=O) groups is 1. The third-order valence-corrected chi connectivity index (χ3v) is 6.26. The number of benzene rings is 2. The second-order valence-corrected chi connectivity index (χ2v) is 8.89. The average molecular weight is 492 g/mol. The van der Waals surface area contributed by atoms with E-state index >= 15 is 0 Å². The number of likely N-dealkylation sites (N-methyl/N-ethyl adjacent to an activating group) is 1. The van der Waals surface area contributed by atoms with Crippen molar-refractivity contribution in [2.75, 3.05) is 19.8 Å². The molecule has 0 radical (unpaired) electrons. The van der Waals surface area contributed by atoms with Crippen LogP contribution < -0.4 is 9.47 Å². The highest BCUT2D eigenvalue weighted by Crippen LogP contribution is 2.34. The highest BCUT2D eigenvalue weighted by atomic mass is 79.9. The number of ether oxygens (including phenoxy) is 2. The SMILES string of the molecule is CCc1ccc(OCCOc2ccc(Br)cc2C=C2SC(=S)N(CC)C2=O)cc1. The van der Waals surface area contributed by atoms with Crippen molar-refractivity contribution >= 4 is 56.2 Å². The van der Waals surface area contributed by atoms with Crippen LogP contribution in [0.25, 0.3) is 6.08 Å². The van der Waals surface area contributed by atoms with E-state index in [0.29, 0.717) is 34.7 Å². The van der Waals surface area contributed by atoms with Gasteiger partial charge in [-0.1, -0.05) is 59.0 Å². The Morgan fingerprint density at radius 1 is 1.10 bits per heavy atom. The van der Waals surface area contributed by atoms with Crippen molar-refractivity contribution in [1.82, 2.24) is 4.90 Å². The number of nitrogens with zero attached hydrogens (tertiary/aromatic N) is 1. The molecular weight excluding hydrogens is 470 g/mol.